The van der Waals surface area contributed by atoms with E-state index in [-0.39, 0.29) is 5.91 Å². The second-order valence-corrected chi connectivity index (χ2v) is 6.31. The van der Waals surface area contributed by atoms with Crippen LogP contribution in [0.5, 0.6) is 5.75 Å². The molecule has 9 nitrogen and oxygen atoms in total. The van der Waals surface area contributed by atoms with Crippen molar-refractivity contribution in [3.63, 3.8) is 0 Å². The first kappa shape index (κ1) is 17.5. The van der Waals surface area contributed by atoms with Gasteiger partial charge in [-0.3, -0.25) is 4.79 Å². The van der Waals surface area contributed by atoms with Gasteiger partial charge in [0.05, 0.1) is 11.3 Å². The molecule has 0 fully saturated rings. The van der Waals surface area contributed by atoms with Gasteiger partial charge < -0.3 is 20.5 Å². The molecule has 1 unspecified atom stereocenters. The number of benzene rings is 2. The van der Waals surface area contributed by atoms with Crippen molar-refractivity contribution in [3.05, 3.63) is 59.3 Å². The van der Waals surface area contributed by atoms with Gasteiger partial charge in [-0.2, -0.15) is 15.4 Å². The number of hydrogen-bond donors (Lipinski definition) is 4. The average Bonchev–Trinajstić information content (AvgIpc) is 3.17. The van der Waals surface area contributed by atoms with Crippen molar-refractivity contribution in [2.24, 2.45) is 0 Å². The molecule has 4 rings (SSSR count). The number of fused-ring (bicyclic) bond motifs is 1. The van der Waals surface area contributed by atoms with Crippen molar-refractivity contribution in [2.75, 3.05) is 11.9 Å². The Morgan fingerprint density at radius 2 is 1.93 bits per heavy atom. The van der Waals surface area contributed by atoms with Crippen LogP contribution in [0.3, 0.4) is 0 Å². The molecule has 0 saturated carbocycles. The van der Waals surface area contributed by atoms with Crippen LogP contribution in [0.15, 0.2) is 42.5 Å². The molecule has 1 aliphatic rings. The van der Waals surface area contributed by atoms with Crippen LogP contribution < -0.4 is 15.4 Å². The van der Waals surface area contributed by atoms with Crippen LogP contribution in [0.25, 0.3) is 11.3 Å². The highest BCUT2D eigenvalue weighted by atomic mass is 16.5. The Bertz CT molecular complexity index is 1040. The minimum atomic E-state index is -1.04. The number of carbonyl (C=O) groups excluding carboxylic acids is 1. The molecular formula is C19H17N5O4. The van der Waals surface area contributed by atoms with Crippen molar-refractivity contribution >= 4 is 17.6 Å². The molecule has 0 spiro atoms. The highest BCUT2D eigenvalue weighted by Crippen LogP contribution is 2.32. The van der Waals surface area contributed by atoms with Crippen molar-refractivity contribution in [1.29, 1.82) is 0 Å². The fraction of sp³-hybridized carbons (Fsp3) is 0.158. The number of para-hydroxylation sites is 1. The van der Waals surface area contributed by atoms with Gasteiger partial charge in [0.15, 0.2) is 6.61 Å². The first-order valence-corrected chi connectivity index (χ1v) is 8.55. The summed E-state index contributed by atoms with van der Waals surface area (Å²) in [4.78, 5) is 23.1. The highest BCUT2D eigenvalue weighted by molar-refractivity contribution is 6.02. The molecule has 0 aliphatic carbocycles. The lowest BCUT2D eigenvalue weighted by atomic mass is 10.0. The number of aliphatic carboxylic acids is 1. The number of carboxylic acids is 1. The highest BCUT2D eigenvalue weighted by Gasteiger charge is 2.29. The summed E-state index contributed by atoms with van der Waals surface area (Å²) < 4.78 is 5.14. The molecule has 1 aromatic heterocycles. The van der Waals surface area contributed by atoms with E-state index in [1.807, 2.05) is 19.1 Å². The first-order chi connectivity index (χ1) is 13.5. The lowest BCUT2D eigenvalue weighted by molar-refractivity contribution is -0.139. The molecule has 3 aromatic rings. The van der Waals surface area contributed by atoms with Crippen LogP contribution in [-0.2, 0) is 4.79 Å². The maximum Gasteiger partial charge on any atom is 0.341 e. The van der Waals surface area contributed by atoms with Gasteiger partial charge in [-0.25, -0.2) is 4.79 Å². The maximum atomic E-state index is 12.5. The third-order valence-corrected chi connectivity index (χ3v) is 4.42. The number of carbonyl (C=O) groups is 2. The van der Waals surface area contributed by atoms with E-state index in [2.05, 4.69) is 26.0 Å². The van der Waals surface area contributed by atoms with Gasteiger partial charge in [0.2, 0.25) is 0 Å². The van der Waals surface area contributed by atoms with E-state index in [1.54, 1.807) is 30.3 Å². The summed E-state index contributed by atoms with van der Waals surface area (Å²) in [6, 6.07) is 12.4. The summed E-state index contributed by atoms with van der Waals surface area (Å²) in [5, 5.41) is 25.9. The molecule has 2 heterocycles. The summed E-state index contributed by atoms with van der Waals surface area (Å²) in [5.41, 5.74) is 4.17. The van der Waals surface area contributed by atoms with Gasteiger partial charge in [-0.1, -0.05) is 12.1 Å². The van der Waals surface area contributed by atoms with Gasteiger partial charge in [0.1, 0.15) is 23.3 Å². The normalized spacial score (nSPS) is 15.3. The minimum Gasteiger partial charge on any atom is -0.482 e. The van der Waals surface area contributed by atoms with Crippen LogP contribution in [0.1, 0.15) is 27.8 Å². The molecule has 28 heavy (non-hydrogen) atoms. The van der Waals surface area contributed by atoms with Crippen molar-refractivity contribution in [3.8, 4) is 17.0 Å². The monoisotopic (exact) mass is 379 g/mol. The number of rotatable bonds is 5. The van der Waals surface area contributed by atoms with E-state index in [9.17, 15) is 9.59 Å². The third kappa shape index (κ3) is 3.25. The fourth-order valence-corrected chi connectivity index (χ4v) is 3.08. The Morgan fingerprint density at radius 3 is 2.68 bits per heavy atom. The molecular weight excluding hydrogens is 362 g/mol. The number of amides is 1. The third-order valence-electron chi connectivity index (χ3n) is 4.42. The lowest BCUT2D eigenvalue weighted by Crippen LogP contribution is -2.39. The summed E-state index contributed by atoms with van der Waals surface area (Å²) in [7, 11) is 0. The number of anilines is 1. The largest absolute Gasteiger partial charge is 0.482 e. The number of H-pyrrole nitrogens is 1. The average molecular weight is 379 g/mol. The maximum absolute atomic E-state index is 12.5. The molecule has 142 valence electrons. The predicted molar refractivity (Wildman–Crippen MR) is 100.0 cm³/mol. The summed E-state index contributed by atoms with van der Waals surface area (Å²) in [6.07, 6.45) is -0.544. The van der Waals surface area contributed by atoms with Crippen LogP contribution >= 0.6 is 0 Å². The van der Waals surface area contributed by atoms with Gasteiger partial charge in [-0.15, -0.1) is 0 Å². The van der Waals surface area contributed by atoms with Crippen LogP contribution in [0, 0.1) is 6.92 Å². The topological polar surface area (TPSA) is 129 Å². The van der Waals surface area contributed by atoms with Gasteiger partial charge in [-0.05, 0) is 42.8 Å². The lowest BCUT2D eigenvalue weighted by Gasteiger charge is -2.28. The number of aromatic amines is 1. The summed E-state index contributed by atoms with van der Waals surface area (Å²) in [6.45, 7) is 1.52. The second-order valence-electron chi connectivity index (χ2n) is 6.31. The zero-order valence-corrected chi connectivity index (χ0v) is 14.9. The Labute approximate surface area is 159 Å². The zero-order chi connectivity index (χ0) is 19.7. The Balaban J connectivity index is 1.61. The van der Waals surface area contributed by atoms with Crippen LogP contribution in [-0.4, -0.2) is 39.0 Å². The number of nitrogens with one attached hydrogen (secondary N) is 3. The Hall–Kier alpha value is -3.88. The van der Waals surface area contributed by atoms with E-state index in [1.165, 1.54) is 0 Å². The zero-order valence-electron chi connectivity index (χ0n) is 14.9. The van der Waals surface area contributed by atoms with Crippen LogP contribution in [0.2, 0.25) is 0 Å². The standard InChI is InChI=1S/C19H17N5O4/c1-10-3-2-4-13-15(10)20-18(21-19(13)27)17-16(22-24-23-17)11-5-7-12(8-6-11)28-9-14(25)26/h2-8,18,20H,9H2,1H3,(H,21,27)(H,25,26)(H,22,23,24). The predicted octanol–water partition coefficient (Wildman–Crippen LogP) is 2.10. The number of hydrogen-bond acceptors (Lipinski definition) is 6. The minimum absolute atomic E-state index is 0.186. The van der Waals surface area contributed by atoms with Gasteiger partial charge >= 0.3 is 5.97 Å². The quantitative estimate of drug-likeness (QED) is 0.534. The fourth-order valence-electron chi connectivity index (χ4n) is 3.08. The van der Waals surface area contributed by atoms with Gasteiger partial charge in [0, 0.05) is 5.56 Å². The van der Waals surface area contributed by atoms with E-state index in [4.69, 9.17) is 9.84 Å². The summed E-state index contributed by atoms with van der Waals surface area (Å²) in [5.74, 6) is -0.795. The van der Waals surface area contributed by atoms with Crippen molar-refractivity contribution in [1.82, 2.24) is 20.7 Å². The molecule has 1 amide bonds. The SMILES string of the molecule is Cc1cccc2c1NC(c1n[nH]nc1-c1ccc(OCC(=O)O)cc1)NC2=O. The second kappa shape index (κ2) is 7.03. The van der Waals surface area contributed by atoms with Crippen LogP contribution in [0.4, 0.5) is 5.69 Å². The Kier molecular flexibility index (Phi) is 4.40. The molecule has 2 aromatic carbocycles. The molecule has 4 N–H and O–H groups in total. The molecule has 0 saturated heterocycles. The number of ether oxygens (including phenoxy) is 1. The first-order valence-electron chi connectivity index (χ1n) is 8.55. The van der Waals surface area contributed by atoms with E-state index in [0.717, 1.165) is 16.8 Å². The van der Waals surface area contributed by atoms with E-state index >= 15 is 0 Å². The van der Waals surface area contributed by atoms with E-state index in [0.29, 0.717) is 22.7 Å². The summed E-state index contributed by atoms with van der Waals surface area (Å²) >= 11 is 0. The van der Waals surface area contributed by atoms with E-state index < -0.39 is 18.7 Å². The van der Waals surface area contributed by atoms with Crippen molar-refractivity contribution in [2.45, 2.75) is 13.1 Å². The molecule has 1 aliphatic heterocycles. The molecule has 0 radical (unpaired) electrons. The smallest absolute Gasteiger partial charge is 0.341 e. The molecule has 9 heteroatoms. The number of carboxylic acid groups (broad SMARTS) is 1. The Morgan fingerprint density at radius 1 is 1.14 bits per heavy atom. The van der Waals surface area contributed by atoms with Gasteiger partial charge in [0.25, 0.3) is 5.91 Å². The number of nitrogens with zero attached hydrogens (tertiary/aromatic N) is 2. The molecule has 0 bridgehead atoms. The number of aromatic nitrogens is 3. The number of aryl methyl sites for hydroxylation is 1. The van der Waals surface area contributed by atoms with Crippen molar-refractivity contribution < 1.29 is 19.4 Å². The molecule has 1 atom stereocenters.